The van der Waals surface area contributed by atoms with Gasteiger partial charge in [0.25, 0.3) is 0 Å². The van der Waals surface area contributed by atoms with E-state index in [4.69, 9.17) is 0 Å². The number of hydrogen-bond acceptors (Lipinski definition) is 0. The standard InChI is InChI=1S/C41H44Br2/c42-35-19-21-37-38-22-20-36(43)28-40(38)41(39(37)27-35,23-7-3-1-5-9-29-11-13-31-15-17-33(31)25-29)24-8-4-2-6-10-30-12-14-32-16-18-34(32)26-30/h11-14,19-22,25-28H,1-10,15-18,23-24H2. The molecule has 43 heavy (non-hydrogen) atoms. The number of aryl methyl sites for hydroxylation is 6. The van der Waals surface area contributed by atoms with Gasteiger partial charge in [-0.15, -0.1) is 0 Å². The third-order valence-corrected chi connectivity index (χ3v) is 11.8. The van der Waals surface area contributed by atoms with E-state index in [1.54, 1.807) is 44.5 Å². The molecule has 0 unspecified atom stereocenters. The van der Waals surface area contributed by atoms with Crippen molar-refractivity contribution in [3.8, 4) is 11.1 Å². The summed E-state index contributed by atoms with van der Waals surface area (Å²) >= 11 is 7.69. The molecule has 2 heteroatoms. The summed E-state index contributed by atoms with van der Waals surface area (Å²) in [6.07, 6.45) is 20.6. The molecule has 7 rings (SSSR count). The highest BCUT2D eigenvalue weighted by Crippen LogP contribution is 2.55. The van der Waals surface area contributed by atoms with Gasteiger partial charge in [-0.1, -0.05) is 119 Å². The van der Waals surface area contributed by atoms with E-state index in [0.717, 1.165) is 0 Å². The van der Waals surface area contributed by atoms with Crippen molar-refractivity contribution >= 4 is 31.9 Å². The third kappa shape index (κ3) is 6.21. The van der Waals surface area contributed by atoms with Crippen LogP contribution in [0.25, 0.3) is 11.1 Å². The lowest BCUT2D eigenvalue weighted by Crippen LogP contribution is -2.25. The average molecular weight is 697 g/mol. The predicted octanol–water partition coefficient (Wildman–Crippen LogP) is 12.1. The van der Waals surface area contributed by atoms with Crippen LogP contribution in [0.1, 0.15) is 109 Å². The summed E-state index contributed by atoms with van der Waals surface area (Å²) < 4.78 is 2.42. The maximum Gasteiger partial charge on any atom is 0.0216 e. The molecule has 0 nitrogen and oxygen atoms in total. The van der Waals surface area contributed by atoms with E-state index < -0.39 is 0 Å². The second-order valence-corrected chi connectivity index (χ2v) is 15.3. The summed E-state index contributed by atoms with van der Waals surface area (Å²) in [4.78, 5) is 0. The molecule has 0 spiro atoms. The van der Waals surface area contributed by atoms with Crippen molar-refractivity contribution in [3.63, 3.8) is 0 Å². The van der Waals surface area contributed by atoms with E-state index in [0.29, 0.717) is 0 Å². The van der Waals surface area contributed by atoms with Gasteiger partial charge in [0.1, 0.15) is 0 Å². The molecule has 3 aliphatic carbocycles. The Morgan fingerprint density at radius 3 is 1.30 bits per heavy atom. The fourth-order valence-electron chi connectivity index (χ4n) is 8.13. The molecule has 0 N–H and O–H groups in total. The molecule has 3 aliphatic rings. The summed E-state index contributed by atoms with van der Waals surface area (Å²) in [5, 5.41) is 0. The topological polar surface area (TPSA) is 0 Å². The zero-order valence-electron chi connectivity index (χ0n) is 25.5. The van der Waals surface area contributed by atoms with Gasteiger partial charge in [-0.05, 0) is 144 Å². The Morgan fingerprint density at radius 1 is 0.442 bits per heavy atom. The van der Waals surface area contributed by atoms with Crippen molar-refractivity contribution in [2.75, 3.05) is 0 Å². The second-order valence-electron chi connectivity index (χ2n) is 13.5. The maximum atomic E-state index is 3.84. The van der Waals surface area contributed by atoms with Gasteiger partial charge in [-0.25, -0.2) is 0 Å². The molecule has 0 bridgehead atoms. The number of halogens is 2. The lowest BCUT2D eigenvalue weighted by atomic mass is 9.70. The SMILES string of the molecule is Brc1ccc2c(c1)C(CCCCCCc1ccc3c(c1)CC3)(CCCCCCc1ccc3c(c1)CC3)c1cc(Br)ccc1-2. The van der Waals surface area contributed by atoms with Gasteiger partial charge >= 0.3 is 0 Å². The van der Waals surface area contributed by atoms with Crippen LogP contribution in [0.3, 0.4) is 0 Å². The van der Waals surface area contributed by atoms with Crippen LogP contribution in [-0.4, -0.2) is 0 Å². The number of unbranched alkanes of at least 4 members (excludes halogenated alkanes) is 6. The van der Waals surface area contributed by atoms with Crippen LogP contribution in [0.4, 0.5) is 0 Å². The van der Waals surface area contributed by atoms with Crippen molar-refractivity contribution in [1.29, 1.82) is 0 Å². The van der Waals surface area contributed by atoms with Crippen molar-refractivity contribution in [1.82, 2.24) is 0 Å². The number of benzene rings is 4. The van der Waals surface area contributed by atoms with Crippen molar-refractivity contribution in [2.45, 2.75) is 108 Å². The van der Waals surface area contributed by atoms with E-state index >= 15 is 0 Å². The first-order chi connectivity index (χ1) is 21.1. The smallest absolute Gasteiger partial charge is 0.0216 e. The number of hydrogen-bond donors (Lipinski definition) is 0. The normalized spacial score (nSPS) is 15.2. The molecule has 0 aromatic heterocycles. The average Bonchev–Trinajstić information content (AvgIpc) is 3.23. The highest BCUT2D eigenvalue weighted by Gasteiger charge is 2.42. The third-order valence-electron chi connectivity index (χ3n) is 10.8. The Hall–Kier alpha value is -2.16. The largest absolute Gasteiger partial charge is 0.0588 e. The Morgan fingerprint density at radius 2 is 0.884 bits per heavy atom. The van der Waals surface area contributed by atoms with E-state index in [1.165, 1.54) is 123 Å². The fourth-order valence-corrected chi connectivity index (χ4v) is 8.85. The molecule has 0 atom stereocenters. The van der Waals surface area contributed by atoms with Crippen LogP contribution in [0, 0.1) is 0 Å². The zero-order valence-corrected chi connectivity index (χ0v) is 28.7. The number of rotatable bonds is 14. The van der Waals surface area contributed by atoms with Gasteiger partial charge in [-0.3, -0.25) is 0 Å². The predicted molar refractivity (Wildman–Crippen MR) is 189 cm³/mol. The maximum absolute atomic E-state index is 3.84. The van der Waals surface area contributed by atoms with Crippen LogP contribution < -0.4 is 0 Å². The van der Waals surface area contributed by atoms with E-state index in [2.05, 4.69) is 105 Å². The van der Waals surface area contributed by atoms with Gasteiger partial charge in [-0.2, -0.15) is 0 Å². The van der Waals surface area contributed by atoms with Crippen LogP contribution in [-0.2, 0) is 43.9 Å². The van der Waals surface area contributed by atoms with Gasteiger partial charge < -0.3 is 0 Å². The van der Waals surface area contributed by atoms with Crippen molar-refractivity contribution in [3.05, 3.63) is 126 Å². The van der Waals surface area contributed by atoms with Crippen LogP contribution in [0.5, 0.6) is 0 Å². The molecule has 0 radical (unpaired) electrons. The van der Waals surface area contributed by atoms with Crippen LogP contribution in [0.2, 0.25) is 0 Å². The lowest BCUT2D eigenvalue weighted by molar-refractivity contribution is 0.399. The summed E-state index contributed by atoms with van der Waals surface area (Å²) in [7, 11) is 0. The van der Waals surface area contributed by atoms with E-state index in [1.807, 2.05) is 0 Å². The Labute approximate surface area is 276 Å². The molecule has 222 valence electrons. The number of fused-ring (bicyclic) bond motifs is 5. The zero-order chi connectivity index (χ0) is 29.2. The minimum atomic E-state index is 0.113. The Balaban J connectivity index is 0.996. The van der Waals surface area contributed by atoms with Crippen LogP contribution in [0.15, 0.2) is 81.7 Å². The molecular formula is C41H44Br2. The molecule has 0 amide bonds. The molecule has 0 aliphatic heterocycles. The molecule has 4 aromatic rings. The molecule has 0 saturated carbocycles. The van der Waals surface area contributed by atoms with Gasteiger partial charge in [0, 0.05) is 14.4 Å². The lowest BCUT2D eigenvalue weighted by Gasteiger charge is -2.33. The quantitative estimate of drug-likeness (QED) is 0.115. The van der Waals surface area contributed by atoms with Gasteiger partial charge in [0.05, 0.1) is 0 Å². The van der Waals surface area contributed by atoms with Crippen molar-refractivity contribution < 1.29 is 0 Å². The first-order valence-corrected chi connectivity index (χ1v) is 18.5. The van der Waals surface area contributed by atoms with E-state index in [-0.39, 0.29) is 5.41 Å². The van der Waals surface area contributed by atoms with E-state index in [9.17, 15) is 0 Å². The summed E-state index contributed by atoms with van der Waals surface area (Å²) in [5.74, 6) is 0. The van der Waals surface area contributed by atoms with Crippen molar-refractivity contribution in [2.24, 2.45) is 0 Å². The molecule has 0 saturated heterocycles. The monoisotopic (exact) mass is 694 g/mol. The minimum Gasteiger partial charge on any atom is -0.0588 e. The summed E-state index contributed by atoms with van der Waals surface area (Å²) in [6.45, 7) is 0. The Kier molecular flexibility index (Phi) is 8.97. The summed E-state index contributed by atoms with van der Waals surface area (Å²) in [5.41, 5.74) is 15.6. The minimum absolute atomic E-state index is 0.113. The molecule has 0 heterocycles. The first kappa shape index (κ1) is 29.5. The van der Waals surface area contributed by atoms with Gasteiger partial charge in [0.2, 0.25) is 0 Å². The van der Waals surface area contributed by atoms with Gasteiger partial charge in [0.15, 0.2) is 0 Å². The first-order valence-electron chi connectivity index (χ1n) is 16.9. The highest BCUT2D eigenvalue weighted by molar-refractivity contribution is 9.10. The fraction of sp³-hybridized carbons (Fsp3) is 0.415. The second kappa shape index (κ2) is 13.1. The molecular weight excluding hydrogens is 652 g/mol. The Bertz CT molecular complexity index is 1490. The summed E-state index contributed by atoms with van der Waals surface area (Å²) in [6, 6.07) is 28.5. The molecule has 0 fully saturated rings. The molecule has 4 aromatic carbocycles. The highest BCUT2D eigenvalue weighted by atomic mass is 79.9. The van der Waals surface area contributed by atoms with Crippen LogP contribution >= 0.6 is 31.9 Å².